The lowest BCUT2D eigenvalue weighted by Crippen LogP contribution is -2.47. The fourth-order valence-corrected chi connectivity index (χ4v) is 6.38. The number of carbonyl (C=O) groups excluding carboxylic acids is 1. The molecule has 1 aromatic heterocycles. The van der Waals surface area contributed by atoms with E-state index in [0.717, 1.165) is 55.6 Å². The van der Waals surface area contributed by atoms with E-state index in [1.54, 1.807) is 0 Å². The van der Waals surface area contributed by atoms with Crippen LogP contribution in [0.1, 0.15) is 72.3 Å². The molecule has 0 bridgehead atoms. The van der Waals surface area contributed by atoms with E-state index in [1.807, 2.05) is 17.0 Å². The van der Waals surface area contributed by atoms with Crippen LogP contribution in [0, 0.1) is 11.8 Å². The van der Waals surface area contributed by atoms with E-state index in [4.69, 9.17) is 0 Å². The molecule has 0 atom stereocenters. The highest BCUT2D eigenvalue weighted by Crippen LogP contribution is 2.41. The lowest BCUT2D eigenvalue weighted by atomic mass is 9.80. The van der Waals surface area contributed by atoms with Crippen LogP contribution in [0.4, 0.5) is 5.69 Å². The minimum absolute atomic E-state index is 0.0556. The van der Waals surface area contributed by atoms with Crippen LogP contribution < -0.4 is 10.2 Å². The second kappa shape index (κ2) is 10.3. The third kappa shape index (κ3) is 5.00. The fraction of sp³-hybridized carbons (Fsp3) is 0.600. The van der Waals surface area contributed by atoms with Crippen molar-refractivity contribution in [1.82, 2.24) is 5.32 Å². The second-order valence-corrected chi connectivity index (χ2v) is 10.4. The van der Waals surface area contributed by atoms with E-state index in [2.05, 4.69) is 18.0 Å². The molecule has 2 heterocycles. The van der Waals surface area contributed by atoms with Gasteiger partial charge in [0.2, 0.25) is 5.91 Å². The van der Waals surface area contributed by atoms with Crippen LogP contribution in [-0.2, 0) is 4.79 Å². The number of hydrogen-bond donors (Lipinski definition) is 3. The van der Waals surface area contributed by atoms with E-state index >= 15 is 0 Å². The molecule has 0 spiro atoms. The van der Waals surface area contributed by atoms with Crippen LogP contribution >= 0.6 is 11.3 Å². The maximum absolute atomic E-state index is 13.9. The number of aromatic carboxylic acids is 1. The van der Waals surface area contributed by atoms with Gasteiger partial charge in [-0.25, -0.2) is 4.79 Å². The van der Waals surface area contributed by atoms with E-state index < -0.39 is 5.97 Å². The molecule has 2 saturated carbocycles. The van der Waals surface area contributed by atoms with Crippen molar-refractivity contribution in [3.63, 3.8) is 0 Å². The second-order valence-electron chi connectivity index (χ2n) is 9.33. The van der Waals surface area contributed by atoms with Gasteiger partial charge in [-0.3, -0.25) is 4.79 Å². The Bertz CT molecular complexity index is 877. The minimum Gasteiger partial charge on any atom is -0.477 e. The third-order valence-corrected chi connectivity index (χ3v) is 8.46. The van der Waals surface area contributed by atoms with Gasteiger partial charge < -0.3 is 20.4 Å². The smallest absolute Gasteiger partial charge is 0.348 e. The number of nitrogens with one attached hydrogen (secondary N) is 1. The predicted molar refractivity (Wildman–Crippen MR) is 128 cm³/mol. The van der Waals surface area contributed by atoms with Crippen molar-refractivity contribution < 1.29 is 19.8 Å². The average molecular weight is 459 g/mol. The standard InChI is InChI=1S/C25H34N2O4S/c1-2-16-3-5-18(6-4-16)24(29)27(19-7-9-20(28)10-8-19)21-15-22(32-23(21)25(30)31)17-11-13-26-14-12-17/h2,11,15-16,18-20,26,28H,1,3-10,12-14H2,(H,30,31). The fourth-order valence-electron chi connectivity index (χ4n) is 5.33. The van der Waals surface area contributed by atoms with Gasteiger partial charge in [0, 0.05) is 23.4 Å². The number of amides is 1. The summed E-state index contributed by atoms with van der Waals surface area (Å²) in [6, 6.07) is 1.87. The summed E-state index contributed by atoms with van der Waals surface area (Å²) in [4.78, 5) is 29.1. The summed E-state index contributed by atoms with van der Waals surface area (Å²) in [5.74, 6) is -0.539. The number of hydrogen-bond acceptors (Lipinski definition) is 5. The maximum Gasteiger partial charge on any atom is 0.348 e. The molecule has 0 unspecified atom stereocenters. The molecule has 4 rings (SSSR count). The quantitative estimate of drug-likeness (QED) is 0.548. The van der Waals surface area contributed by atoms with Crippen LogP contribution in [0.5, 0.6) is 0 Å². The summed E-state index contributed by atoms with van der Waals surface area (Å²) in [5, 5.41) is 23.3. The van der Waals surface area contributed by atoms with Gasteiger partial charge in [0.15, 0.2) is 0 Å². The van der Waals surface area contributed by atoms with Crippen molar-refractivity contribution in [1.29, 1.82) is 0 Å². The van der Waals surface area contributed by atoms with Crippen molar-refractivity contribution in [2.45, 2.75) is 69.9 Å². The van der Waals surface area contributed by atoms with Crippen LogP contribution in [0.3, 0.4) is 0 Å². The maximum atomic E-state index is 13.9. The zero-order valence-electron chi connectivity index (χ0n) is 18.6. The highest BCUT2D eigenvalue weighted by atomic mass is 32.1. The summed E-state index contributed by atoms with van der Waals surface area (Å²) in [6.07, 6.45) is 10.9. The summed E-state index contributed by atoms with van der Waals surface area (Å²) in [5.41, 5.74) is 1.70. The molecule has 6 nitrogen and oxygen atoms in total. The highest BCUT2D eigenvalue weighted by Gasteiger charge is 2.37. The average Bonchev–Trinajstić information content (AvgIpc) is 3.26. The SMILES string of the molecule is C=CC1CCC(C(=O)N(c2cc(C3=CCNCC3)sc2C(=O)O)C2CCC(O)CC2)CC1. The van der Waals surface area contributed by atoms with Gasteiger partial charge in [0.1, 0.15) is 4.88 Å². The molecule has 2 fully saturated rings. The first-order valence-corrected chi connectivity index (χ1v) is 12.7. The molecule has 1 aliphatic heterocycles. The van der Waals surface area contributed by atoms with E-state index in [1.165, 1.54) is 11.3 Å². The molecule has 3 N–H and O–H groups in total. The van der Waals surface area contributed by atoms with E-state index in [0.29, 0.717) is 37.3 Å². The third-order valence-electron chi connectivity index (χ3n) is 7.27. The number of rotatable bonds is 6. The molecule has 1 amide bonds. The molecule has 7 heteroatoms. The molecular weight excluding hydrogens is 424 g/mol. The van der Waals surface area contributed by atoms with E-state index in [9.17, 15) is 19.8 Å². The van der Waals surface area contributed by atoms with Gasteiger partial charge >= 0.3 is 5.97 Å². The van der Waals surface area contributed by atoms with Crippen LogP contribution in [0.25, 0.3) is 5.57 Å². The zero-order chi connectivity index (χ0) is 22.7. The Labute approximate surface area is 194 Å². The monoisotopic (exact) mass is 458 g/mol. The Hall–Kier alpha value is -1.96. The number of aliphatic hydroxyl groups excluding tert-OH is 1. The number of allylic oxidation sites excluding steroid dienone is 1. The van der Waals surface area contributed by atoms with Crippen molar-refractivity contribution in [3.8, 4) is 0 Å². The number of thiophene rings is 1. The number of anilines is 1. The Kier molecular flexibility index (Phi) is 7.48. The first kappa shape index (κ1) is 23.2. The van der Waals surface area contributed by atoms with Crippen molar-refractivity contribution in [2.75, 3.05) is 18.0 Å². The van der Waals surface area contributed by atoms with Gasteiger partial charge in [0.25, 0.3) is 0 Å². The Balaban J connectivity index is 1.68. The van der Waals surface area contributed by atoms with Gasteiger partial charge in [-0.1, -0.05) is 12.2 Å². The number of carboxylic acid groups (broad SMARTS) is 1. The predicted octanol–water partition coefficient (Wildman–Crippen LogP) is 4.45. The van der Waals surface area contributed by atoms with E-state index in [-0.39, 0.29) is 28.8 Å². The summed E-state index contributed by atoms with van der Waals surface area (Å²) >= 11 is 1.28. The number of aliphatic hydroxyl groups is 1. The topological polar surface area (TPSA) is 89.9 Å². The lowest BCUT2D eigenvalue weighted by molar-refractivity contribution is -0.124. The minimum atomic E-state index is -0.977. The highest BCUT2D eigenvalue weighted by molar-refractivity contribution is 7.15. The summed E-state index contributed by atoms with van der Waals surface area (Å²) < 4.78 is 0. The van der Waals surface area contributed by atoms with Crippen molar-refractivity contribution >= 4 is 34.5 Å². The number of carbonyl (C=O) groups is 2. The van der Waals surface area contributed by atoms with Gasteiger partial charge in [0.05, 0.1) is 11.8 Å². The molecular formula is C25H34N2O4S. The molecule has 0 radical (unpaired) electrons. The van der Waals surface area contributed by atoms with Gasteiger partial charge in [-0.2, -0.15) is 0 Å². The number of carboxylic acids is 1. The Morgan fingerprint density at radius 1 is 1.12 bits per heavy atom. The van der Waals surface area contributed by atoms with Crippen LogP contribution in [0.2, 0.25) is 0 Å². The zero-order valence-corrected chi connectivity index (χ0v) is 19.4. The van der Waals surface area contributed by atoms with Crippen molar-refractivity contribution in [2.24, 2.45) is 11.8 Å². The number of nitrogens with zero attached hydrogens (tertiary/aromatic N) is 1. The Morgan fingerprint density at radius 3 is 2.44 bits per heavy atom. The summed E-state index contributed by atoms with van der Waals surface area (Å²) in [6.45, 7) is 5.55. The molecule has 1 aromatic rings. The molecule has 32 heavy (non-hydrogen) atoms. The molecule has 0 aromatic carbocycles. The largest absolute Gasteiger partial charge is 0.477 e. The van der Waals surface area contributed by atoms with Crippen LogP contribution in [0.15, 0.2) is 24.8 Å². The normalized spacial score (nSPS) is 28.6. The van der Waals surface area contributed by atoms with Gasteiger partial charge in [-0.05, 0) is 81.9 Å². The first-order chi connectivity index (χ1) is 15.5. The lowest BCUT2D eigenvalue weighted by Gasteiger charge is -2.38. The molecule has 2 aliphatic carbocycles. The molecule has 0 saturated heterocycles. The van der Waals surface area contributed by atoms with Gasteiger partial charge in [-0.15, -0.1) is 17.9 Å². The molecule has 174 valence electrons. The first-order valence-electron chi connectivity index (χ1n) is 11.9. The van der Waals surface area contributed by atoms with Crippen molar-refractivity contribution in [3.05, 3.63) is 34.6 Å². The van der Waals surface area contributed by atoms with Crippen LogP contribution in [-0.4, -0.2) is 47.3 Å². The summed E-state index contributed by atoms with van der Waals surface area (Å²) in [7, 11) is 0. The molecule has 3 aliphatic rings. The Morgan fingerprint density at radius 2 is 1.84 bits per heavy atom.